The third-order valence-corrected chi connectivity index (χ3v) is 4.96. The molecule has 0 saturated carbocycles. The van der Waals surface area contributed by atoms with Gasteiger partial charge in [0.15, 0.2) is 5.96 Å². The second-order valence-corrected chi connectivity index (χ2v) is 7.47. The lowest BCUT2D eigenvalue weighted by Crippen LogP contribution is -2.42. The van der Waals surface area contributed by atoms with Gasteiger partial charge in [0.05, 0.1) is 0 Å². The SMILES string of the molecule is CC1CCN(C(N)=NCCCN2CC(C)CC(C)C2)CC1. The van der Waals surface area contributed by atoms with E-state index in [4.69, 9.17) is 5.73 Å². The second-order valence-electron chi connectivity index (χ2n) is 7.47. The van der Waals surface area contributed by atoms with Crippen LogP contribution in [-0.2, 0) is 0 Å². The van der Waals surface area contributed by atoms with Crippen LogP contribution in [0.3, 0.4) is 0 Å². The Bertz CT molecular complexity index is 324. The molecule has 0 amide bonds. The topological polar surface area (TPSA) is 44.9 Å². The van der Waals surface area contributed by atoms with E-state index in [-0.39, 0.29) is 0 Å². The second kappa shape index (κ2) is 8.02. The van der Waals surface area contributed by atoms with Crippen molar-refractivity contribution in [3.05, 3.63) is 0 Å². The van der Waals surface area contributed by atoms with Gasteiger partial charge in [0.2, 0.25) is 0 Å². The molecular weight excluding hydrogens is 260 g/mol. The summed E-state index contributed by atoms with van der Waals surface area (Å²) in [4.78, 5) is 9.45. The molecule has 2 unspecified atom stereocenters. The first-order valence-electron chi connectivity index (χ1n) is 8.81. The molecule has 0 aromatic carbocycles. The fraction of sp³-hybridized carbons (Fsp3) is 0.941. The maximum Gasteiger partial charge on any atom is 0.191 e. The van der Waals surface area contributed by atoms with Gasteiger partial charge in [-0.25, -0.2) is 0 Å². The quantitative estimate of drug-likeness (QED) is 0.492. The molecule has 122 valence electrons. The maximum absolute atomic E-state index is 6.12. The van der Waals surface area contributed by atoms with Gasteiger partial charge in [-0.3, -0.25) is 4.99 Å². The zero-order valence-electron chi connectivity index (χ0n) is 14.2. The van der Waals surface area contributed by atoms with Crippen molar-refractivity contribution in [2.24, 2.45) is 28.5 Å². The van der Waals surface area contributed by atoms with Crippen LogP contribution in [0.25, 0.3) is 0 Å². The van der Waals surface area contributed by atoms with Crippen molar-refractivity contribution in [3.63, 3.8) is 0 Å². The van der Waals surface area contributed by atoms with Crippen molar-refractivity contribution in [2.45, 2.75) is 46.5 Å². The molecule has 0 spiro atoms. The van der Waals surface area contributed by atoms with Gasteiger partial charge in [-0.2, -0.15) is 0 Å². The molecule has 21 heavy (non-hydrogen) atoms. The lowest BCUT2D eigenvalue weighted by atomic mass is 9.92. The third kappa shape index (κ3) is 5.50. The van der Waals surface area contributed by atoms with Gasteiger partial charge in [-0.05, 0) is 50.0 Å². The minimum Gasteiger partial charge on any atom is -0.370 e. The van der Waals surface area contributed by atoms with E-state index in [0.29, 0.717) is 0 Å². The first kappa shape index (κ1) is 16.6. The highest BCUT2D eigenvalue weighted by atomic mass is 15.3. The van der Waals surface area contributed by atoms with Crippen LogP contribution in [-0.4, -0.2) is 55.0 Å². The highest BCUT2D eigenvalue weighted by Crippen LogP contribution is 2.20. The fourth-order valence-corrected chi connectivity index (χ4v) is 3.80. The van der Waals surface area contributed by atoms with Crippen molar-refractivity contribution in [1.29, 1.82) is 0 Å². The van der Waals surface area contributed by atoms with E-state index in [9.17, 15) is 0 Å². The summed E-state index contributed by atoms with van der Waals surface area (Å²) >= 11 is 0. The molecule has 2 N–H and O–H groups in total. The molecule has 2 atom stereocenters. The van der Waals surface area contributed by atoms with E-state index < -0.39 is 0 Å². The van der Waals surface area contributed by atoms with Crippen molar-refractivity contribution < 1.29 is 0 Å². The number of aliphatic imine (C=N–C) groups is 1. The highest BCUT2D eigenvalue weighted by molar-refractivity contribution is 5.78. The molecular formula is C17H34N4. The number of likely N-dealkylation sites (tertiary alicyclic amines) is 2. The zero-order valence-corrected chi connectivity index (χ0v) is 14.2. The van der Waals surface area contributed by atoms with Crippen LogP contribution in [0, 0.1) is 17.8 Å². The molecule has 2 heterocycles. The van der Waals surface area contributed by atoms with Gasteiger partial charge < -0.3 is 15.5 Å². The lowest BCUT2D eigenvalue weighted by Gasteiger charge is -2.34. The number of piperidine rings is 2. The number of nitrogens with zero attached hydrogens (tertiary/aromatic N) is 3. The average molecular weight is 294 g/mol. The van der Waals surface area contributed by atoms with Crippen LogP contribution in [0.1, 0.15) is 46.5 Å². The summed E-state index contributed by atoms with van der Waals surface area (Å²) in [7, 11) is 0. The largest absolute Gasteiger partial charge is 0.370 e. The van der Waals surface area contributed by atoms with Crippen LogP contribution >= 0.6 is 0 Å². The van der Waals surface area contributed by atoms with Crippen molar-refractivity contribution >= 4 is 5.96 Å². The van der Waals surface area contributed by atoms with Crippen molar-refractivity contribution in [2.75, 3.05) is 39.3 Å². The van der Waals surface area contributed by atoms with Crippen LogP contribution in [0.4, 0.5) is 0 Å². The molecule has 0 aromatic heterocycles. The normalized spacial score (nSPS) is 29.9. The lowest BCUT2D eigenvalue weighted by molar-refractivity contribution is 0.140. The Morgan fingerprint density at radius 2 is 1.67 bits per heavy atom. The Morgan fingerprint density at radius 1 is 1.05 bits per heavy atom. The molecule has 2 aliphatic heterocycles. The fourth-order valence-electron chi connectivity index (χ4n) is 3.80. The first-order valence-corrected chi connectivity index (χ1v) is 8.81. The number of hydrogen-bond acceptors (Lipinski definition) is 2. The minimum atomic E-state index is 0.766. The first-order chi connectivity index (χ1) is 10.0. The Kier molecular flexibility index (Phi) is 6.34. The minimum absolute atomic E-state index is 0.766. The predicted molar refractivity (Wildman–Crippen MR) is 90.5 cm³/mol. The van der Waals surface area contributed by atoms with E-state index in [1.165, 1.54) is 38.9 Å². The van der Waals surface area contributed by atoms with Crippen LogP contribution in [0.2, 0.25) is 0 Å². The standard InChI is InChI=1S/C17H34N4/c1-14-5-9-21(10-6-14)17(18)19-7-4-8-20-12-15(2)11-16(3)13-20/h14-16H,4-13H2,1-3H3,(H2,18,19). The van der Waals surface area contributed by atoms with E-state index in [1.807, 2.05) is 0 Å². The Labute approximate surface area is 130 Å². The summed E-state index contributed by atoms with van der Waals surface area (Å²) < 4.78 is 0. The van der Waals surface area contributed by atoms with Gasteiger partial charge in [0.1, 0.15) is 0 Å². The summed E-state index contributed by atoms with van der Waals surface area (Å²) in [6.45, 7) is 13.8. The monoisotopic (exact) mass is 294 g/mol. The summed E-state index contributed by atoms with van der Waals surface area (Å²) in [6, 6.07) is 0. The molecule has 0 aliphatic carbocycles. The van der Waals surface area contributed by atoms with Gasteiger partial charge in [-0.15, -0.1) is 0 Å². The summed E-state index contributed by atoms with van der Waals surface area (Å²) in [6.07, 6.45) is 5.01. The number of guanidine groups is 1. The number of hydrogen-bond donors (Lipinski definition) is 1. The Balaban J connectivity index is 1.65. The molecule has 2 fully saturated rings. The van der Waals surface area contributed by atoms with E-state index in [0.717, 1.165) is 49.8 Å². The molecule has 2 rings (SSSR count). The number of rotatable bonds is 4. The molecule has 2 saturated heterocycles. The molecule has 0 aromatic rings. The Hall–Kier alpha value is -0.770. The third-order valence-electron chi connectivity index (χ3n) is 4.96. The van der Waals surface area contributed by atoms with Gasteiger partial charge in [0.25, 0.3) is 0 Å². The van der Waals surface area contributed by atoms with Gasteiger partial charge >= 0.3 is 0 Å². The van der Waals surface area contributed by atoms with Crippen molar-refractivity contribution in [1.82, 2.24) is 9.80 Å². The smallest absolute Gasteiger partial charge is 0.191 e. The molecule has 2 aliphatic rings. The molecule has 0 radical (unpaired) electrons. The summed E-state index contributed by atoms with van der Waals surface area (Å²) in [5.74, 6) is 3.30. The maximum atomic E-state index is 6.12. The summed E-state index contributed by atoms with van der Waals surface area (Å²) in [5, 5.41) is 0. The van der Waals surface area contributed by atoms with E-state index in [2.05, 4.69) is 35.6 Å². The van der Waals surface area contributed by atoms with Gasteiger partial charge in [0, 0.05) is 32.7 Å². The zero-order chi connectivity index (χ0) is 15.2. The molecule has 4 heteroatoms. The summed E-state index contributed by atoms with van der Waals surface area (Å²) in [5.41, 5.74) is 6.12. The molecule has 4 nitrogen and oxygen atoms in total. The van der Waals surface area contributed by atoms with E-state index in [1.54, 1.807) is 0 Å². The van der Waals surface area contributed by atoms with Crippen molar-refractivity contribution in [3.8, 4) is 0 Å². The average Bonchev–Trinajstić information content (AvgIpc) is 2.43. The van der Waals surface area contributed by atoms with Crippen LogP contribution in [0.15, 0.2) is 4.99 Å². The van der Waals surface area contributed by atoms with Crippen LogP contribution < -0.4 is 5.73 Å². The van der Waals surface area contributed by atoms with Gasteiger partial charge in [-0.1, -0.05) is 20.8 Å². The number of nitrogens with two attached hydrogens (primary N) is 1. The predicted octanol–water partition coefficient (Wildman–Crippen LogP) is 2.40. The Morgan fingerprint density at radius 3 is 2.29 bits per heavy atom. The van der Waals surface area contributed by atoms with E-state index >= 15 is 0 Å². The highest BCUT2D eigenvalue weighted by Gasteiger charge is 2.21. The molecule has 0 bridgehead atoms. The van der Waals surface area contributed by atoms with Crippen LogP contribution in [0.5, 0.6) is 0 Å².